The molecule has 0 aliphatic heterocycles. The van der Waals surface area contributed by atoms with E-state index >= 15 is 0 Å². The fourth-order valence-corrected chi connectivity index (χ4v) is 4.26. The van der Waals surface area contributed by atoms with E-state index in [0.29, 0.717) is 17.9 Å². The Hall–Kier alpha value is -3.09. The van der Waals surface area contributed by atoms with Gasteiger partial charge in [0.05, 0.1) is 22.9 Å². The lowest BCUT2D eigenvalue weighted by atomic mass is 10.1. The molecule has 0 N–H and O–H groups in total. The molecule has 4 aromatic rings. The maximum atomic E-state index is 13.5. The molecule has 4 rings (SSSR count). The molecule has 34 heavy (non-hydrogen) atoms. The Bertz CT molecular complexity index is 1350. The fourth-order valence-electron chi connectivity index (χ4n) is 3.70. The zero-order chi connectivity index (χ0) is 24.2. The van der Waals surface area contributed by atoms with E-state index in [2.05, 4.69) is 20.5 Å². The van der Waals surface area contributed by atoms with E-state index in [1.165, 1.54) is 6.07 Å². The number of aromatic nitrogens is 1. The van der Waals surface area contributed by atoms with Gasteiger partial charge in [-0.3, -0.25) is 0 Å². The summed E-state index contributed by atoms with van der Waals surface area (Å²) in [6.07, 6.45) is 0. The molecule has 0 amide bonds. The number of rotatable bonds is 7. The van der Waals surface area contributed by atoms with Crippen molar-refractivity contribution in [3.05, 3.63) is 105 Å². The second-order valence-corrected chi connectivity index (χ2v) is 8.97. The molecular weight excluding hydrogens is 521 g/mol. The summed E-state index contributed by atoms with van der Waals surface area (Å²) in [6, 6.07) is 21.6. The average Bonchev–Trinajstić information content (AvgIpc) is 3.21. The predicted molar refractivity (Wildman–Crippen MR) is 135 cm³/mol. The maximum Gasteiger partial charge on any atom is 0.338 e. The predicted octanol–water partition coefficient (Wildman–Crippen LogP) is 7.76. The van der Waals surface area contributed by atoms with Crippen LogP contribution >= 0.6 is 27.5 Å². The van der Waals surface area contributed by atoms with Gasteiger partial charge >= 0.3 is 5.97 Å². The first-order valence-electron chi connectivity index (χ1n) is 10.7. The van der Waals surface area contributed by atoms with Gasteiger partial charge in [-0.25, -0.2) is 9.18 Å². The average molecular weight is 543 g/mol. The minimum atomic E-state index is -0.465. The van der Waals surface area contributed by atoms with Gasteiger partial charge in [-0.15, -0.1) is 0 Å². The first-order valence-corrected chi connectivity index (χ1v) is 11.9. The third-order valence-electron chi connectivity index (χ3n) is 5.29. The normalized spacial score (nSPS) is 10.9. The van der Waals surface area contributed by atoms with Crippen molar-refractivity contribution in [2.75, 3.05) is 6.61 Å². The first kappa shape index (κ1) is 24.0. The van der Waals surface area contributed by atoms with Gasteiger partial charge in [0.1, 0.15) is 18.2 Å². The molecule has 0 saturated heterocycles. The number of ether oxygens (including phenoxy) is 2. The van der Waals surface area contributed by atoms with E-state index in [1.807, 2.05) is 55.5 Å². The second-order valence-electron chi connectivity index (χ2n) is 7.64. The summed E-state index contributed by atoms with van der Waals surface area (Å²) in [6.45, 7) is 4.33. The van der Waals surface area contributed by atoms with Gasteiger partial charge in [-0.2, -0.15) is 0 Å². The molecule has 0 fully saturated rings. The molecule has 0 aliphatic carbocycles. The lowest BCUT2D eigenvalue weighted by Crippen LogP contribution is -2.07. The van der Waals surface area contributed by atoms with Crippen molar-refractivity contribution in [2.24, 2.45) is 0 Å². The molecule has 0 spiro atoms. The Morgan fingerprint density at radius 1 is 1.06 bits per heavy atom. The summed E-state index contributed by atoms with van der Waals surface area (Å²) in [7, 11) is 0. The standard InChI is InChI=1S/C27H22BrClFNO3/c1-3-33-27(32)19-5-4-6-21(14-19)31-17(2)7-11-25(31)22-15-20(28)9-12-26(22)34-16-18-8-10-24(30)23(29)13-18/h4-15H,3,16H2,1-2H3. The topological polar surface area (TPSA) is 40.5 Å². The quantitative estimate of drug-likeness (QED) is 0.224. The van der Waals surface area contributed by atoms with Crippen molar-refractivity contribution in [1.29, 1.82) is 0 Å². The zero-order valence-corrected chi connectivity index (χ0v) is 21.0. The molecule has 4 nitrogen and oxygen atoms in total. The minimum absolute atomic E-state index is 0.0584. The number of hydrogen-bond donors (Lipinski definition) is 0. The van der Waals surface area contributed by atoms with Crippen LogP contribution in [0.5, 0.6) is 5.75 Å². The van der Waals surface area contributed by atoms with E-state index in [-0.39, 0.29) is 17.6 Å². The lowest BCUT2D eigenvalue weighted by Gasteiger charge is -2.17. The minimum Gasteiger partial charge on any atom is -0.488 e. The van der Waals surface area contributed by atoms with Crippen molar-refractivity contribution in [3.63, 3.8) is 0 Å². The van der Waals surface area contributed by atoms with Crippen LogP contribution in [0.25, 0.3) is 16.9 Å². The van der Waals surface area contributed by atoms with Crippen molar-refractivity contribution < 1.29 is 18.7 Å². The highest BCUT2D eigenvalue weighted by Gasteiger charge is 2.16. The second kappa shape index (κ2) is 10.5. The SMILES string of the molecule is CCOC(=O)c1cccc(-n2c(C)ccc2-c2cc(Br)ccc2OCc2ccc(F)c(Cl)c2)c1. The largest absolute Gasteiger partial charge is 0.488 e. The van der Waals surface area contributed by atoms with E-state index in [9.17, 15) is 9.18 Å². The highest BCUT2D eigenvalue weighted by atomic mass is 79.9. The summed E-state index contributed by atoms with van der Waals surface area (Å²) in [4.78, 5) is 12.3. The van der Waals surface area contributed by atoms with E-state index in [1.54, 1.807) is 25.1 Å². The van der Waals surface area contributed by atoms with Crippen molar-refractivity contribution >= 4 is 33.5 Å². The highest BCUT2D eigenvalue weighted by Crippen LogP contribution is 2.36. The summed E-state index contributed by atoms with van der Waals surface area (Å²) in [5, 5.41) is 0.0584. The molecule has 1 heterocycles. The third kappa shape index (κ3) is 5.18. The Balaban J connectivity index is 1.72. The summed E-state index contributed by atoms with van der Waals surface area (Å²) in [5.74, 6) is -0.169. The van der Waals surface area contributed by atoms with Gasteiger partial charge in [0, 0.05) is 21.4 Å². The van der Waals surface area contributed by atoms with Gasteiger partial charge in [0.25, 0.3) is 0 Å². The van der Waals surface area contributed by atoms with E-state index in [4.69, 9.17) is 21.1 Å². The smallest absolute Gasteiger partial charge is 0.338 e. The summed E-state index contributed by atoms with van der Waals surface area (Å²) < 4.78 is 27.8. The molecule has 7 heteroatoms. The van der Waals surface area contributed by atoms with Crippen LogP contribution in [0.1, 0.15) is 28.5 Å². The van der Waals surface area contributed by atoms with Crippen LogP contribution in [0.3, 0.4) is 0 Å². The van der Waals surface area contributed by atoms with Crippen molar-refractivity contribution in [1.82, 2.24) is 4.57 Å². The maximum absolute atomic E-state index is 13.5. The van der Waals surface area contributed by atoms with Gasteiger partial charge < -0.3 is 14.0 Å². The highest BCUT2D eigenvalue weighted by molar-refractivity contribution is 9.10. The van der Waals surface area contributed by atoms with Crippen molar-refractivity contribution in [3.8, 4) is 22.7 Å². The number of halogens is 3. The first-order chi connectivity index (χ1) is 16.4. The molecule has 0 aliphatic rings. The molecular formula is C27H22BrClFNO3. The Kier molecular flexibility index (Phi) is 7.39. The van der Waals surface area contributed by atoms with Crippen LogP contribution in [0.4, 0.5) is 4.39 Å². The lowest BCUT2D eigenvalue weighted by molar-refractivity contribution is 0.0526. The molecule has 0 bridgehead atoms. The monoisotopic (exact) mass is 541 g/mol. The molecule has 0 radical (unpaired) electrons. The van der Waals surface area contributed by atoms with Gasteiger partial charge in [0.2, 0.25) is 0 Å². The Morgan fingerprint density at radius 2 is 1.88 bits per heavy atom. The van der Waals surface area contributed by atoms with Crippen LogP contribution in [0.2, 0.25) is 5.02 Å². The number of carbonyl (C=O) groups is 1. The van der Waals surface area contributed by atoms with Gasteiger partial charge in [-0.05, 0) is 80.1 Å². The van der Waals surface area contributed by atoms with Crippen molar-refractivity contribution in [2.45, 2.75) is 20.5 Å². The molecule has 174 valence electrons. The van der Waals surface area contributed by atoms with E-state index in [0.717, 1.165) is 32.7 Å². The molecule has 1 aromatic heterocycles. The number of esters is 1. The third-order valence-corrected chi connectivity index (χ3v) is 6.07. The van der Waals surface area contributed by atoms with Crippen LogP contribution in [0.15, 0.2) is 77.3 Å². The number of nitrogens with zero attached hydrogens (tertiary/aromatic N) is 1. The molecule has 3 aromatic carbocycles. The van der Waals surface area contributed by atoms with Crippen LogP contribution in [-0.2, 0) is 11.3 Å². The van der Waals surface area contributed by atoms with Gasteiger partial charge in [0.15, 0.2) is 0 Å². The van der Waals surface area contributed by atoms with Crippen LogP contribution < -0.4 is 4.74 Å². The fraction of sp³-hybridized carbons (Fsp3) is 0.148. The number of carbonyl (C=O) groups excluding carboxylic acids is 1. The molecule has 0 saturated carbocycles. The molecule has 0 atom stereocenters. The van der Waals surface area contributed by atoms with E-state index < -0.39 is 5.82 Å². The number of hydrogen-bond acceptors (Lipinski definition) is 3. The Morgan fingerprint density at radius 3 is 2.65 bits per heavy atom. The summed E-state index contributed by atoms with van der Waals surface area (Å²) in [5.41, 5.74) is 4.82. The van der Waals surface area contributed by atoms with Crippen LogP contribution in [-0.4, -0.2) is 17.1 Å². The molecule has 0 unspecified atom stereocenters. The zero-order valence-electron chi connectivity index (χ0n) is 18.6. The number of aryl methyl sites for hydroxylation is 1. The Labute approximate surface area is 211 Å². The van der Waals surface area contributed by atoms with Crippen LogP contribution in [0, 0.1) is 12.7 Å². The summed E-state index contributed by atoms with van der Waals surface area (Å²) >= 11 is 9.47. The van der Waals surface area contributed by atoms with Gasteiger partial charge in [-0.1, -0.05) is 39.7 Å². The number of benzene rings is 3.